The average Bonchev–Trinajstić information content (AvgIpc) is 3.35. The number of amides is 1. The zero-order valence-electron chi connectivity index (χ0n) is 26.7. The Labute approximate surface area is 271 Å². The number of carbonyl (C=O) groups excluding carboxylic acids is 3. The van der Waals surface area contributed by atoms with E-state index in [9.17, 15) is 32.9 Å². The van der Waals surface area contributed by atoms with Gasteiger partial charge >= 0.3 is 12.1 Å². The Morgan fingerprint density at radius 1 is 0.872 bits per heavy atom. The molecule has 0 aliphatic rings. The number of hydrogen-bond acceptors (Lipinski definition) is 10. The summed E-state index contributed by atoms with van der Waals surface area (Å²) in [5.41, 5.74) is -0.993. The number of fused-ring (bicyclic) bond motifs is 1. The molecule has 3 aromatic carbocycles. The summed E-state index contributed by atoms with van der Waals surface area (Å²) in [5.74, 6) is -1.57. The molecule has 0 saturated heterocycles. The molecule has 0 unspecified atom stereocenters. The zero-order chi connectivity index (χ0) is 34.7. The normalized spacial score (nSPS) is 12.7. The molecule has 47 heavy (non-hydrogen) atoms. The maximum atomic E-state index is 13.6. The van der Waals surface area contributed by atoms with Crippen LogP contribution in [0.3, 0.4) is 0 Å². The molecule has 0 spiro atoms. The zero-order valence-corrected chi connectivity index (χ0v) is 27.5. The number of carbonyl (C=O) groups is 3. The van der Waals surface area contributed by atoms with Crippen LogP contribution < -0.4 is 5.32 Å². The van der Waals surface area contributed by atoms with Gasteiger partial charge in [-0.15, -0.1) is 0 Å². The summed E-state index contributed by atoms with van der Waals surface area (Å²) in [5, 5.41) is 14.0. The van der Waals surface area contributed by atoms with Crippen LogP contribution in [0.25, 0.3) is 10.9 Å². The van der Waals surface area contributed by atoms with Gasteiger partial charge in [-0.05, 0) is 83.5 Å². The number of nitro benzene ring substituents is 1. The number of esters is 1. The molecule has 4 aromatic rings. The van der Waals surface area contributed by atoms with Crippen LogP contribution in [0.5, 0.6) is 0 Å². The molecular weight excluding hydrogens is 630 g/mol. The van der Waals surface area contributed by atoms with Gasteiger partial charge in [0.1, 0.15) is 16.9 Å². The summed E-state index contributed by atoms with van der Waals surface area (Å²) in [7, 11) is -4.54. The van der Waals surface area contributed by atoms with E-state index in [0.717, 1.165) is 28.8 Å². The van der Waals surface area contributed by atoms with Gasteiger partial charge in [-0.25, -0.2) is 14.2 Å². The van der Waals surface area contributed by atoms with Crippen molar-refractivity contribution in [3.8, 4) is 0 Å². The molecule has 1 amide bonds. The van der Waals surface area contributed by atoms with Gasteiger partial charge in [-0.2, -0.15) is 8.42 Å². The number of nitro groups is 1. The van der Waals surface area contributed by atoms with Crippen molar-refractivity contribution in [1.82, 2.24) is 4.57 Å². The smallest absolute Gasteiger partial charge is 0.419 e. The molecule has 1 aromatic heterocycles. The number of ether oxygens (including phenoxy) is 2. The van der Waals surface area contributed by atoms with Gasteiger partial charge in [0.2, 0.25) is 0 Å². The van der Waals surface area contributed by atoms with Crippen molar-refractivity contribution >= 4 is 50.4 Å². The first-order valence-electron chi connectivity index (χ1n) is 14.5. The van der Waals surface area contributed by atoms with Gasteiger partial charge in [0, 0.05) is 29.6 Å². The molecule has 0 bridgehead atoms. The van der Waals surface area contributed by atoms with Crippen molar-refractivity contribution in [2.75, 3.05) is 5.32 Å². The van der Waals surface area contributed by atoms with E-state index in [-0.39, 0.29) is 28.4 Å². The highest BCUT2D eigenvalue weighted by atomic mass is 32.2. The van der Waals surface area contributed by atoms with Gasteiger partial charge in [0.05, 0.1) is 15.3 Å². The molecule has 1 N–H and O–H groups in total. The molecule has 0 aliphatic carbocycles. The number of rotatable bonds is 9. The second-order valence-corrected chi connectivity index (χ2v) is 14.2. The molecule has 14 heteroatoms. The van der Waals surface area contributed by atoms with Crippen LogP contribution >= 0.6 is 0 Å². The van der Waals surface area contributed by atoms with Crippen LogP contribution in [0.15, 0.2) is 83.8 Å². The van der Waals surface area contributed by atoms with Crippen molar-refractivity contribution < 1.29 is 41.4 Å². The van der Waals surface area contributed by atoms with Gasteiger partial charge in [0.15, 0.2) is 6.10 Å². The lowest BCUT2D eigenvalue weighted by atomic mass is 10.1. The Kier molecular flexibility index (Phi) is 9.87. The van der Waals surface area contributed by atoms with Gasteiger partial charge in [0.25, 0.3) is 21.7 Å². The number of nitrogens with zero attached hydrogens (tertiary/aromatic N) is 2. The highest BCUT2D eigenvalue weighted by Crippen LogP contribution is 2.28. The first-order chi connectivity index (χ1) is 21.8. The molecule has 0 fully saturated rings. The molecule has 4 rings (SSSR count). The van der Waals surface area contributed by atoms with Crippen molar-refractivity contribution in [3.05, 3.63) is 100 Å². The topological polar surface area (TPSA) is 173 Å². The Morgan fingerprint density at radius 2 is 1.49 bits per heavy atom. The van der Waals surface area contributed by atoms with Crippen LogP contribution in [0.2, 0.25) is 0 Å². The third-order valence-electron chi connectivity index (χ3n) is 6.39. The Hall–Kier alpha value is -5.08. The van der Waals surface area contributed by atoms with Crippen LogP contribution in [0.1, 0.15) is 57.6 Å². The first-order valence-corrected chi connectivity index (χ1v) is 15.9. The quantitative estimate of drug-likeness (QED) is 0.0933. The van der Waals surface area contributed by atoms with E-state index in [0.29, 0.717) is 16.5 Å². The van der Waals surface area contributed by atoms with Crippen molar-refractivity contribution in [1.29, 1.82) is 0 Å². The third-order valence-corrected chi connectivity index (χ3v) is 7.72. The van der Waals surface area contributed by atoms with Crippen molar-refractivity contribution in [2.45, 2.75) is 70.2 Å². The molecule has 0 saturated carbocycles. The van der Waals surface area contributed by atoms with E-state index in [4.69, 9.17) is 13.7 Å². The maximum Gasteiger partial charge on any atom is 0.419 e. The largest absolute Gasteiger partial charge is 0.455 e. The third kappa shape index (κ3) is 9.01. The summed E-state index contributed by atoms with van der Waals surface area (Å²) in [4.78, 5) is 49.9. The number of nitrogens with one attached hydrogen (secondary N) is 1. The molecule has 1 heterocycles. The van der Waals surface area contributed by atoms with E-state index in [2.05, 4.69) is 5.32 Å². The fourth-order valence-electron chi connectivity index (χ4n) is 4.44. The molecule has 13 nitrogen and oxygen atoms in total. The first kappa shape index (κ1) is 34.8. The Balaban J connectivity index is 1.68. The van der Waals surface area contributed by atoms with Crippen LogP contribution in [-0.2, 0) is 35.0 Å². The number of anilines is 1. The molecule has 248 valence electrons. The summed E-state index contributed by atoms with van der Waals surface area (Å²) >= 11 is 0. The fourth-order valence-corrected chi connectivity index (χ4v) is 5.48. The lowest BCUT2D eigenvalue weighted by Gasteiger charge is -2.22. The SMILES string of the molecule is CC(C)(C)OC(=O)c1cc2cc(NC(=O)[C@@H](Cc3ccccc3)OS(=O)(=O)c3ccc([N+](=O)[O-])cc3)ccc2n1C(=O)OC(C)(C)C. The monoisotopic (exact) mass is 665 g/mol. The number of benzene rings is 3. The summed E-state index contributed by atoms with van der Waals surface area (Å²) in [6.07, 6.45) is -2.48. The van der Waals surface area contributed by atoms with Crippen LogP contribution in [0, 0.1) is 10.1 Å². The Morgan fingerprint density at radius 3 is 2.06 bits per heavy atom. The lowest BCUT2D eigenvalue weighted by Crippen LogP contribution is -2.34. The molecular formula is C33H35N3O10S. The Bertz CT molecular complexity index is 1920. The lowest BCUT2D eigenvalue weighted by molar-refractivity contribution is -0.384. The minimum atomic E-state index is -4.54. The highest BCUT2D eigenvalue weighted by molar-refractivity contribution is 7.86. The van der Waals surface area contributed by atoms with Crippen molar-refractivity contribution in [2.24, 2.45) is 0 Å². The highest BCUT2D eigenvalue weighted by Gasteiger charge is 2.30. The summed E-state index contributed by atoms with van der Waals surface area (Å²) in [6, 6.07) is 18.6. The van der Waals surface area contributed by atoms with Gasteiger partial charge in [-0.1, -0.05) is 30.3 Å². The van der Waals surface area contributed by atoms with E-state index >= 15 is 0 Å². The van der Waals surface area contributed by atoms with Crippen molar-refractivity contribution in [3.63, 3.8) is 0 Å². The predicted octanol–water partition coefficient (Wildman–Crippen LogP) is 6.24. The number of hydrogen-bond donors (Lipinski definition) is 1. The van der Waals surface area contributed by atoms with Crippen LogP contribution in [-0.4, -0.2) is 53.2 Å². The minimum absolute atomic E-state index is 0.0906. The predicted molar refractivity (Wildman–Crippen MR) is 173 cm³/mol. The van der Waals surface area contributed by atoms with Gasteiger partial charge < -0.3 is 14.8 Å². The maximum absolute atomic E-state index is 13.6. The molecule has 1 atom stereocenters. The van der Waals surface area contributed by atoms with E-state index in [1.165, 1.54) is 24.3 Å². The van der Waals surface area contributed by atoms with Gasteiger partial charge in [-0.3, -0.25) is 19.1 Å². The second-order valence-electron chi connectivity index (χ2n) is 12.6. The van der Waals surface area contributed by atoms with E-state index in [1.54, 1.807) is 71.9 Å². The van der Waals surface area contributed by atoms with E-state index < -0.39 is 50.3 Å². The minimum Gasteiger partial charge on any atom is -0.455 e. The fraction of sp³-hybridized carbons (Fsp3) is 0.303. The number of aromatic nitrogens is 1. The van der Waals surface area contributed by atoms with E-state index in [1.807, 2.05) is 0 Å². The summed E-state index contributed by atoms with van der Waals surface area (Å²) < 4.78 is 43.8. The average molecular weight is 666 g/mol. The standard InChI is InChI=1S/C33H35N3O10S/c1-32(2,3)44-30(38)27-20-22-19-23(12-17-26(22)35(27)31(39)45-33(4,5)6)34-29(37)28(18-21-10-8-7-9-11-21)46-47(42,43)25-15-13-24(14-16-25)36(40)41/h7-17,19-20,28H,18H2,1-6H3,(H,34,37)/t28-/m1/s1. The second kappa shape index (κ2) is 13.3. The molecule has 0 aliphatic heterocycles. The van der Waals surface area contributed by atoms with Crippen LogP contribution in [0.4, 0.5) is 16.2 Å². The molecule has 0 radical (unpaired) electrons. The number of non-ortho nitro benzene ring substituents is 1. The summed E-state index contributed by atoms with van der Waals surface area (Å²) in [6.45, 7) is 10.1.